The van der Waals surface area contributed by atoms with E-state index in [-0.39, 0.29) is 0 Å². The highest BCUT2D eigenvalue weighted by Gasteiger charge is 2.19. The summed E-state index contributed by atoms with van der Waals surface area (Å²) in [7, 11) is 1.71. The van der Waals surface area contributed by atoms with E-state index in [0.29, 0.717) is 12.2 Å². The summed E-state index contributed by atoms with van der Waals surface area (Å²) in [5.74, 6) is 0. The molecule has 0 saturated heterocycles. The molecule has 1 aromatic carbocycles. The lowest BCUT2D eigenvalue weighted by Crippen LogP contribution is -2.05. The molecule has 3 nitrogen and oxygen atoms in total. The summed E-state index contributed by atoms with van der Waals surface area (Å²) in [5, 5.41) is 9.34. The first kappa shape index (κ1) is 14.8. The average molecular weight is 333 g/mol. The Morgan fingerprint density at radius 3 is 2.60 bits per heavy atom. The van der Waals surface area contributed by atoms with Crippen LogP contribution in [0.4, 0.5) is 0 Å². The zero-order valence-electron chi connectivity index (χ0n) is 11.7. The van der Waals surface area contributed by atoms with Crippen molar-refractivity contribution in [3.05, 3.63) is 46.1 Å². The van der Waals surface area contributed by atoms with Crippen LogP contribution in [0.2, 0.25) is 0 Å². The lowest BCUT2D eigenvalue weighted by Gasteiger charge is -2.12. The molecular formula is C16H17BrN2O. The van der Waals surface area contributed by atoms with E-state index in [1.807, 2.05) is 25.1 Å². The highest BCUT2D eigenvalue weighted by molar-refractivity contribution is 9.10. The quantitative estimate of drug-likeness (QED) is 0.772. The number of nitrogens with zero attached hydrogens (tertiary/aromatic N) is 2. The van der Waals surface area contributed by atoms with Gasteiger partial charge in [0.2, 0.25) is 0 Å². The van der Waals surface area contributed by atoms with Crippen LogP contribution in [0.5, 0.6) is 0 Å². The third-order valence-electron chi connectivity index (χ3n) is 3.35. The maximum absolute atomic E-state index is 9.34. The molecule has 0 spiro atoms. The van der Waals surface area contributed by atoms with E-state index in [1.165, 1.54) is 0 Å². The molecule has 0 bridgehead atoms. The molecule has 104 valence electrons. The summed E-state index contributed by atoms with van der Waals surface area (Å²) in [6, 6.07) is 12.4. The third kappa shape index (κ3) is 2.79. The van der Waals surface area contributed by atoms with Crippen LogP contribution in [0.15, 0.2) is 34.8 Å². The second kappa shape index (κ2) is 6.74. The van der Waals surface area contributed by atoms with Crippen LogP contribution in [0.1, 0.15) is 17.7 Å². The van der Waals surface area contributed by atoms with Crippen LogP contribution >= 0.6 is 15.9 Å². The van der Waals surface area contributed by atoms with Gasteiger partial charge in [0.25, 0.3) is 0 Å². The van der Waals surface area contributed by atoms with Gasteiger partial charge in [-0.05, 0) is 34.8 Å². The van der Waals surface area contributed by atoms with Crippen LogP contribution < -0.4 is 0 Å². The van der Waals surface area contributed by atoms with Gasteiger partial charge in [-0.2, -0.15) is 5.26 Å². The predicted octanol–water partition coefficient (Wildman–Crippen LogP) is 4.13. The van der Waals surface area contributed by atoms with Crippen LogP contribution in [-0.4, -0.2) is 18.3 Å². The number of methoxy groups -OCH3 is 1. The highest BCUT2D eigenvalue weighted by atomic mass is 79.9. The van der Waals surface area contributed by atoms with Gasteiger partial charge in [0, 0.05) is 26.0 Å². The molecule has 0 radical (unpaired) electrons. The molecule has 20 heavy (non-hydrogen) atoms. The normalized spacial score (nSPS) is 10.5. The first-order valence-corrected chi connectivity index (χ1v) is 7.33. The van der Waals surface area contributed by atoms with Crippen molar-refractivity contribution in [2.24, 2.45) is 0 Å². The van der Waals surface area contributed by atoms with Gasteiger partial charge in [-0.3, -0.25) is 0 Å². The maximum atomic E-state index is 9.34. The van der Waals surface area contributed by atoms with E-state index >= 15 is 0 Å². The van der Waals surface area contributed by atoms with Gasteiger partial charge >= 0.3 is 0 Å². The first-order chi connectivity index (χ1) is 9.70. The molecule has 0 aliphatic heterocycles. The van der Waals surface area contributed by atoms with Crippen molar-refractivity contribution in [1.29, 1.82) is 5.26 Å². The number of nitriles is 1. The fraction of sp³-hybridized carbons (Fsp3) is 0.312. The molecule has 2 rings (SSSR count). The lowest BCUT2D eigenvalue weighted by atomic mass is 10.1. The van der Waals surface area contributed by atoms with Crippen molar-refractivity contribution in [3.63, 3.8) is 0 Å². The Morgan fingerprint density at radius 2 is 2.00 bits per heavy atom. The minimum absolute atomic E-state index is 0.710. The Hall–Kier alpha value is -1.57. The monoisotopic (exact) mass is 332 g/mol. The molecule has 0 atom stereocenters. The fourth-order valence-electron chi connectivity index (χ4n) is 2.35. The molecule has 1 aromatic heterocycles. The largest absolute Gasteiger partial charge is 0.385 e. The summed E-state index contributed by atoms with van der Waals surface area (Å²) in [4.78, 5) is 0. The van der Waals surface area contributed by atoms with Crippen LogP contribution in [-0.2, 0) is 11.3 Å². The zero-order chi connectivity index (χ0) is 14.5. The van der Waals surface area contributed by atoms with Gasteiger partial charge in [0.1, 0.15) is 6.07 Å². The van der Waals surface area contributed by atoms with Gasteiger partial charge in [-0.25, -0.2) is 0 Å². The minimum atomic E-state index is 0.710. The summed E-state index contributed by atoms with van der Waals surface area (Å²) in [6.45, 7) is 3.54. The summed E-state index contributed by atoms with van der Waals surface area (Å²) in [6.07, 6.45) is 0.920. The number of aromatic nitrogens is 1. The molecule has 0 unspecified atom stereocenters. The van der Waals surface area contributed by atoms with Crippen LogP contribution in [0.25, 0.3) is 11.3 Å². The molecule has 0 fully saturated rings. The van der Waals surface area contributed by atoms with E-state index in [1.54, 1.807) is 7.11 Å². The van der Waals surface area contributed by atoms with Crippen LogP contribution in [0.3, 0.4) is 0 Å². The summed E-state index contributed by atoms with van der Waals surface area (Å²) >= 11 is 3.58. The van der Waals surface area contributed by atoms with Crippen LogP contribution in [0, 0.1) is 18.3 Å². The molecule has 0 aliphatic rings. The molecule has 0 N–H and O–H groups in total. The number of rotatable bonds is 5. The van der Waals surface area contributed by atoms with Gasteiger partial charge in [0.05, 0.1) is 15.7 Å². The van der Waals surface area contributed by atoms with E-state index in [2.05, 4.69) is 38.7 Å². The molecule has 4 heteroatoms. The number of benzene rings is 1. The standard InChI is InChI=1S/C16H17BrN2O/c1-12-14(11-18)15(17)16(13-7-4-3-5-8-13)19(12)9-6-10-20-2/h3-5,7-8H,6,9-10H2,1-2H3. The van der Waals surface area contributed by atoms with E-state index in [4.69, 9.17) is 4.74 Å². The van der Waals surface area contributed by atoms with Crippen molar-refractivity contribution < 1.29 is 4.74 Å². The van der Waals surface area contributed by atoms with Crippen molar-refractivity contribution in [1.82, 2.24) is 4.57 Å². The van der Waals surface area contributed by atoms with Crippen molar-refractivity contribution in [2.75, 3.05) is 13.7 Å². The van der Waals surface area contributed by atoms with E-state index in [0.717, 1.165) is 34.4 Å². The third-order valence-corrected chi connectivity index (χ3v) is 4.13. The van der Waals surface area contributed by atoms with Crippen molar-refractivity contribution in [3.8, 4) is 17.3 Å². The highest BCUT2D eigenvalue weighted by Crippen LogP contribution is 2.35. The Morgan fingerprint density at radius 1 is 1.30 bits per heavy atom. The molecular weight excluding hydrogens is 316 g/mol. The Labute approximate surface area is 127 Å². The predicted molar refractivity (Wildman–Crippen MR) is 83.5 cm³/mol. The molecule has 2 aromatic rings. The molecule has 1 heterocycles. The topological polar surface area (TPSA) is 38.0 Å². The fourth-order valence-corrected chi connectivity index (χ4v) is 3.17. The Balaban J connectivity index is 2.51. The molecule has 0 aliphatic carbocycles. The van der Waals surface area contributed by atoms with E-state index in [9.17, 15) is 5.26 Å². The molecule has 0 amide bonds. The molecule has 0 saturated carbocycles. The number of hydrogen-bond acceptors (Lipinski definition) is 2. The van der Waals surface area contributed by atoms with Gasteiger partial charge in [0.15, 0.2) is 0 Å². The SMILES string of the molecule is COCCCn1c(C)c(C#N)c(Br)c1-c1ccccc1. The Kier molecular flexibility index (Phi) is 4.99. The summed E-state index contributed by atoms with van der Waals surface area (Å²) < 4.78 is 8.19. The first-order valence-electron chi connectivity index (χ1n) is 6.53. The summed E-state index contributed by atoms with van der Waals surface area (Å²) in [5.41, 5.74) is 3.88. The van der Waals surface area contributed by atoms with Crippen molar-refractivity contribution >= 4 is 15.9 Å². The second-order valence-corrected chi connectivity index (χ2v) is 5.39. The van der Waals surface area contributed by atoms with Gasteiger partial charge in [-0.1, -0.05) is 30.3 Å². The second-order valence-electron chi connectivity index (χ2n) is 4.60. The average Bonchev–Trinajstić information content (AvgIpc) is 2.71. The minimum Gasteiger partial charge on any atom is -0.385 e. The Bertz CT molecular complexity index is 626. The van der Waals surface area contributed by atoms with Gasteiger partial charge in [-0.15, -0.1) is 0 Å². The van der Waals surface area contributed by atoms with E-state index < -0.39 is 0 Å². The zero-order valence-corrected chi connectivity index (χ0v) is 13.3. The van der Waals surface area contributed by atoms with Crippen molar-refractivity contribution in [2.45, 2.75) is 19.9 Å². The maximum Gasteiger partial charge on any atom is 0.102 e. The van der Waals surface area contributed by atoms with Gasteiger partial charge < -0.3 is 9.30 Å². The number of ether oxygens (including phenoxy) is 1. The smallest absolute Gasteiger partial charge is 0.102 e. The number of halogens is 1. The lowest BCUT2D eigenvalue weighted by molar-refractivity contribution is 0.190. The number of hydrogen-bond donors (Lipinski definition) is 0.